The van der Waals surface area contributed by atoms with Crippen LogP contribution in [-0.2, 0) is 4.74 Å². The minimum atomic E-state index is -0.313. The lowest BCUT2D eigenvalue weighted by molar-refractivity contribution is 0.0378. The Balaban J connectivity index is 2.72. The molecule has 1 aromatic carbocycles. The van der Waals surface area contributed by atoms with Gasteiger partial charge in [0.15, 0.2) is 0 Å². The maximum absolute atomic E-state index is 11.3. The number of rotatable bonds is 2. The van der Waals surface area contributed by atoms with Crippen molar-refractivity contribution >= 4 is 17.6 Å². The van der Waals surface area contributed by atoms with Gasteiger partial charge in [-0.3, -0.25) is 0 Å². The van der Waals surface area contributed by atoms with Gasteiger partial charge in [-0.15, -0.1) is 0 Å². The number of hydrogen-bond donors (Lipinski definition) is 0. The Morgan fingerprint density at radius 2 is 1.85 bits per heavy atom. The Kier molecular flexibility index (Phi) is 3.32. The average Bonchev–Trinajstić information content (AvgIpc) is 2.04. The van der Waals surface area contributed by atoms with Crippen LogP contribution >= 0.6 is 11.6 Å². The fourth-order valence-electron chi connectivity index (χ4n) is 0.868. The van der Waals surface area contributed by atoms with Crippen LogP contribution in [0.1, 0.15) is 24.2 Å². The van der Waals surface area contributed by atoms with E-state index < -0.39 is 0 Å². The van der Waals surface area contributed by atoms with Crippen LogP contribution in [0.5, 0.6) is 0 Å². The molecule has 13 heavy (non-hydrogen) atoms. The fraction of sp³-hybridized carbons (Fsp3) is 0.300. The van der Waals surface area contributed by atoms with E-state index in [1.807, 2.05) is 13.8 Å². The molecule has 70 valence electrons. The number of carbonyl (C=O) groups excluding carboxylic acids is 1. The zero-order valence-corrected chi connectivity index (χ0v) is 8.34. The predicted octanol–water partition coefficient (Wildman–Crippen LogP) is 2.91. The van der Waals surface area contributed by atoms with Gasteiger partial charge in [0.05, 0.1) is 11.7 Å². The van der Waals surface area contributed by atoms with Crippen LogP contribution in [0.4, 0.5) is 0 Å². The Hall–Kier alpha value is -1.02. The van der Waals surface area contributed by atoms with Crippen LogP contribution in [0.2, 0.25) is 5.02 Å². The quantitative estimate of drug-likeness (QED) is 0.683. The van der Waals surface area contributed by atoms with Crippen molar-refractivity contribution in [3.05, 3.63) is 34.9 Å². The van der Waals surface area contributed by atoms with Crippen molar-refractivity contribution in [3.63, 3.8) is 0 Å². The third-order valence-electron chi connectivity index (χ3n) is 1.42. The zero-order chi connectivity index (χ0) is 9.84. The maximum atomic E-state index is 11.3. The van der Waals surface area contributed by atoms with Crippen molar-refractivity contribution in [2.75, 3.05) is 0 Å². The molecule has 0 unspecified atom stereocenters. The third-order valence-corrected chi connectivity index (χ3v) is 1.67. The Bertz CT molecular complexity index is 290. The first-order valence-electron chi connectivity index (χ1n) is 4.06. The number of esters is 1. The summed E-state index contributed by atoms with van der Waals surface area (Å²) in [6.45, 7) is 3.63. The van der Waals surface area contributed by atoms with E-state index in [0.29, 0.717) is 10.6 Å². The largest absolute Gasteiger partial charge is 0.459 e. The molecule has 0 saturated heterocycles. The molecule has 1 aromatic rings. The fourth-order valence-corrected chi connectivity index (χ4v) is 0.994. The topological polar surface area (TPSA) is 26.3 Å². The Morgan fingerprint density at radius 3 is 2.31 bits per heavy atom. The second kappa shape index (κ2) is 4.28. The molecule has 0 atom stereocenters. The molecule has 3 heteroatoms. The molecule has 2 nitrogen and oxygen atoms in total. The standard InChI is InChI=1S/C10H11ClO2/c1-7(2)13-10(12)8-3-5-9(11)6-4-8/h3-7H,1-2H3. The highest BCUT2D eigenvalue weighted by Gasteiger charge is 2.07. The summed E-state index contributed by atoms with van der Waals surface area (Å²) in [4.78, 5) is 11.3. The molecule has 0 aliphatic rings. The van der Waals surface area contributed by atoms with E-state index in [2.05, 4.69) is 0 Å². The van der Waals surface area contributed by atoms with Gasteiger partial charge < -0.3 is 4.74 Å². The highest BCUT2D eigenvalue weighted by atomic mass is 35.5. The summed E-state index contributed by atoms with van der Waals surface area (Å²) < 4.78 is 4.99. The summed E-state index contributed by atoms with van der Waals surface area (Å²) in [6, 6.07) is 6.62. The number of ether oxygens (including phenoxy) is 1. The summed E-state index contributed by atoms with van der Waals surface area (Å²) in [5.74, 6) is -0.313. The first-order chi connectivity index (χ1) is 6.09. The molecule has 0 fully saturated rings. The number of hydrogen-bond acceptors (Lipinski definition) is 2. The summed E-state index contributed by atoms with van der Waals surface area (Å²) in [6.07, 6.45) is -0.0943. The van der Waals surface area contributed by atoms with Crippen LogP contribution in [-0.4, -0.2) is 12.1 Å². The molecule has 0 amide bonds. The van der Waals surface area contributed by atoms with Gasteiger partial charge in [0.25, 0.3) is 0 Å². The summed E-state index contributed by atoms with van der Waals surface area (Å²) in [5.41, 5.74) is 0.526. The molecule has 0 radical (unpaired) electrons. The molecular weight excluding hydrogens is 188 g/mol. The maximum Gasteiger partial charge on any atom is 0.338 e. The zero-order valence-electron chi connectivity index (χ0n) is 7.58. The highest BCUT2D eigenvalue weighted by molar-refractivity contribution is 6.30. The second-order valence-electron chi connectivity index (χ2n) is 2.96. The van der Waals surface area contributed by atoms with Crippen LogP contribution < -0.4 is 0 Å². The van der Waals surface area contributed by atoms with Gasteiger partial charge in [-0.1, -0.05) is 11.6 Å². The van der Waals surface area contributed by atoms with Gasteiger partial charge in [0, 0.05) is 5.02 Å². The SMILES string of the molecule is CC(C)OC(=O)c1ccc(Cl)cc1. The number of halogens is 1. The molecule has 0 heterocycles. The molecule has 0 N–H and O–H groups in total. The van der Waals surface area contributed by atoms with Crippen LogP contribution in [0.25, 0.3) is 0 Å². The first-order valence-corrected chi connectivity index (χ1v) is 4.44. The van der Waals surface area contributed by atoms with Gasteiger partial charge in [0.2, 0.25) is 0 Å². The van der Waals surface area contributed by atoms with Crippen molar-refractivity contribution in [1.29, 1.82) is 0 Å². The molecule has 0 spiro atoms. The summed E-state index contributed by atoms with van der Waals surface area (Å²) >= 11 is 5.67. The number of carbonyl (C=O) groups is 1. The highest BCUT2D eigenvalue weighted by Crippen LogP contribution is 2.10. The lowest BCUT2D eigenvalue weighted by Gasteiger charge is -2.07. The lowest BCUT2D eigenvalue weighted by Crippen LogP contribution is -2.11. The molecule has 0 aliphatic heterocycles. The van der Waals surface area contributed by atoms with Gasteiger partial charge in [-0.2, -0.15) is 0 Å². The van der Waals surface area contributed by atoms with Crippen molar-refractivity contribution in [2.45, 2.75) is 20.0 Å². The second-order valence-corrected chi connectivity index (χ2v) is 3.40. The van der Waals surface area contributed by atoms with Gasteiger partial charge in [-0.05, 0) is 38.1 Å². The van der Waals surface area contributed by atoms with Crippen molar-refractivity contribution < 1.29 is 9.53 Å². The van der Waals surface area contributed by atoms with Gasteiger partial charge >= 0.3 is 5.97 Å². The monoisotopic (exact) mass is 198 g/mol. The van der Waals surface area contributed by atoms with Crippen LogP contribution in [0.15, 0.2) is 24.3 Å². The summed E-state index contributed by atoms with van der Waals surface area (Å²) in [5, 5.41) is 0.612. The van der Waals surface area contributed by atoms with Crippen molar-refractivity contribution in [3.8, 4) is 0 Å². The molecular formula is C10H11ClO2. The predicted molar refractivity (Wildman–Crippen MR) is 52.0 cm³/mol. The van der Waals surface area contributed by atoms with Gasteiger partial charge in [-0.25, -0.2) is 4.79 Å². The van der Waals surface area contributed by atoms with Crippen LogP contribution in [0, 0.1) is 0 Å². The van der Waals surface area contributed by atoms with E-state index in [0.717, 1.165) is 0 Å². The van der Waals surface area contributed by atoms with E-state index in [-0.39, 0.29) is 12.1 Å². The van der Waals surface area contributed by atoms with Gasteiger partial charge in [0.1, 0.15) is 0 Å². The molecule has 0 bridgehead atoms. The Labute approximate surface area is 82.5 Å². The average molecular weight is 199 g/mol. The van der Waals surface area contributed by atoms with E-state index >= 15 is 0 Å². The van der Waals surface area contributed by atoms with Crippen LogP contribution in [0.3, 0.4) is 0 Å². The Morgan fingerprint density at radius 1 is 1.31 bits per heavy atom. The molecule has 0 saturated carbocycles. The van der Waals surface area contributed by atoms with Crippen molar-refractivity contribution in [2.24, 2.45) is 0 Å². The minimum absolute atomic E-state index is 0.0943. The number of benzene rings is 1. The van der Waals surface area contributed by atoms with Crippen molar-refractivity contribution in [1.82, 2.24) is 0 Å². The summed E-state index contributed by atoms with van der Waals surface area (Å²) in [7, 11) is 0. The third kappa shape index (κ3) is 3.07. The minimum Gasteiger partial charge on any atom is -0.459 e. The first kappa shape index (κ1) is 10.1. The molecule has 0 aliphatic carbocycles. The smallest absolute Gasteiger partial charge is 0.338 e. The lowest BCUT2D eigenvalue weighted by atomic mass is 10.2. The molecule has 1 rings (SSSR count). The molecule has 0 aromatic heterocycles. The van der Waals surface area contributed by atoms with E-state index in [9.17, 15) is 4.79 Å². The normalized spacial score (nSPS) is 10.2. The van der Waals surface area contributed by atoms with E-state index in [4.69, 9.17) is 16.3 Å². The van der Waals surface area contributed by atoms with E-state index in [1.54, 1.807) is 24.3 Å². The van der Waals surface area contributed by atoms with E-state index in [1.165, 1.54) is 0 Å².